The topological polar surface area (TPSA) is 149 Å². The third-order valence-electron chi connectivity index (χ3n) is 9.64. The second-order valence-corrected chi connectivity index (χ2v) is 16.9. The summed E-state index contributed by atoms with van der Waals surface area (Å²) in [5.74, 6) is -0.993. The number of hydrogen-bond acceptors (Lipinski definition) is 9. The third-order valence-corrected chi connectivity index (χ3v) is 10.6. The number of phosphoric acid groups is 1. The predicted octanol–water partition coefficient (Wildman–Crippen LogP) is 12.7. The van der Waals surface area contributed by atoms with Crippen LogP contribution in [0.15, 0.2) is 60.8 Å². The number of rotatable bonds is 43. The fraction of sp³-hybridized carbons (Fsp3) is 0.750. The number of ether oxygens (including phenoxy) is 2. The highest BCUT2D eigenvalue weighted by molar-refractivity contribution is 7.47. The van der Waals surface area contributed by atoms with Crippen LogP contribution in [0.25, 0.3) is 0 Å². The highest BCUT2D eigenvalue weighted by atomic mass is 31.2. The number of esters is 2. The minimum atomic E-state index is -4.63. The van der Waals surface area contributed by atoms with Gasteiger partial charge in [0.1, 0.15) is 12.7 Å². The van der Waals surface area contributed by atoms with Gasteiger partial charge in [0, 0.05) is 12.8 Å². The van der Waals surface area contributed by atoms with Gasteiger partial charge in [0.05, 0.1) is 19.8 Å². The van der Waals surface area contributed by atoms with Gasteiger partial charge >= 0.3 is 19.8 Å². The zero-order chi connectivity index (χ0) is 43.3. The Morgan fingerprint density at radius 1 is 0.508 bits per heavy atom. The maximum absolute atomic E-state index is 12.6. The molecule has 0 aliphatic carbocycles. The lowest BCUT2D eigenvalue weighted by Crippen LogP contribution is -2.29. The van der Waals surface area contributed by atoms with E-state index in [1.165, 1.54) is 109 Å². The SMILES string of the molecule is CCCC/C=C/CCCCCCCCCCCC(=O)O[C@@H](COC(=O)CCC/C=C/C/C=C/C/C=C/C/C=C/CCCCCCCCC)COP(=O)(O)OC[C@H](O)CO. The molecule has 0 spiro atoms. The fourth-order valence-electron chi connectivity index (χ4n) is 6.03. The number of phosphoric ester groups is 1. The van der Waals surface area contributed by atoms with E-state index in [2.05, 4.69) is 73.1 Å². The molecule has 342 valence electrons. The van der Waals surface area contributed by atoms with Crippen LogP contribution in [-0.2, 0) is 32.7 Å². The van der Waals surface area contributed by atoms with Gasteiger partial charge in [0.15, 0.2) is 6.10 Å². The first kappa shape index (κ1) is 56.7. The Balaban J connectivity index is 4.34. The van der Waals surface area contributed by atoms with Crippen molar-refractivity contribution in [3.8, 4) is 0 Å². The zero-order valence-corrected chi connectivity index (χ0v) is 38.1. The summed E-state index contributed by atoms with van der Waals surface area (Å²) in [6, 6.07) is 0. The Morgan fingerprint density at radius 2 is 0.915 bits per heavy atom. The van der Waals surface area contributed by atoms with E-state index in [0.29, 0.717) is 19.3 Å². The van der Waals surface area contributed by atoms with Crippen molar-refractivity contribution in [2.45, 2.75) is 206 Å². The normalized spacial score (nSPS) is 14.3. The largest absolute Gasteiger partial charge is 0.472 e. The van der Waals surface area contributed by atoms with E-state index in [-0.39, 0.29) is 19.4 Å². The standard InChI is InChI=1S/C48H85O10P/c1-3-5-7-9-11-13-15-17-19-20-21-22-23-24-26-27-29-31-33-35-37-39-47(51)55-43-46(44-57-59(53,54)56-42-45(50)41-49)58-48(52)40-38-36-34-32-30-28-25-18-16-14-12-10-8-6-4-2/h10,12,19-20,22-23,26-27,31,33,45-46,49-50H,3-9,11,13-18,21,24-25,28-30,32,34-44H2,1-2H3,(H,53,54)/b12-10+,20-19+,23-22+,27-26+,33-31+/t45-,46+/m1/s1. The number of unbranched alkanes of at least 4 members (excludes halogenated alkanes) is 19. The molecule has 0 bridgehead atoms. The molecule has 0 aromatic rings. The van der Waals surface area contributed by atoms with E-state index < -0.39 is 51.8 Å². The molecule has 0 aromatic heterocycles. The lowest BCUT2D eigenvalue weighted by Gasteiger charge is -2.20. The van der Waals surface area contributed by atoms with Gasteiger partial charge in [-0.05, 0) is 70.6 Å². The zero-order valence-electron chi connectivity index (χ0n) is 37.2. The molecule has 3 atom stereocenters. The molecule has 59 heavy (non-hydrogen) atoms. The Bertz CT molecular complexity index is 1160. The monoisotopic (exact) mass is 853 g/mol. The van der Waals surface area contributed by atoms with Crippen LogP contribution in [0.2, 0.25) is 0 Å². The smallest absolute Gasteiger partial charge is 0.462 e. The van der Waals surface area contributed by atoms with Crippen molar-refractivity contribution < 1.29 is 47.8 Å². The van der Waals surface area contributed by atoms with Crippen molar-refractivity contribution in [2.75, 3.05) is 26.4 Å². The molecule has 11 heteroatoms. The average Bonchev–Trinajstić information content (AvgIpc) is 3.22. The summed E-state index contributed by atoms with van der Waals surface area (Å²) in [4.78, 5) is 35.0. The number of aliphatic hydroxyl groups excluding tert-OH is 2. The van der Waals surface area contributed by atoms with Gasteiger partial charge in [-0.3, -0.25) is 18.6 Å². The molecule has 3 N–H and O–H groups in total. The van der Waals surface area contributed by atoms with E-state index in [4.69, 9.17) is 19.1 Å². The van der Waals surface area contributed by atoms with E-state index >= 15 is 0 Å². The molecular formula is C48H85O10P. The van der Waals surface area contributed by atoms with Crippen molar-refractivity contribution in [1.29, 1.82) is 0 Å². The Labute approximate surface area is 359 Å². The number of hydrogen-bond donors (Lipinski definition) is 3. The lowest BCUT2D eigenvalue weighted by molar-refractivity contribution is -0.161. The van der Waals surface area contributed by atoms with Crippen LogP contribution in [-0.4, -0.2) is 65.7 Å². The molecular weight excluding hydrogens is 767 g/mol. The molecule has 10 nitrogen and oxygen atoms in total. The molecule has 0 heterocycles. The van der Waals surface area contributed by atoms with Crippen LogP contribution in [0.5, 0.6) is 0 Å². The summed E-state index contributed by atoms with van der Waals surface area (Å²) in [6.45, 7) is 2.29. The summed E-state index contributed by atoms with van der Waals surface area (Å²) in [5.41, 5.74) is 0. The quantitative estimate of drug-likeness (QED) is 0.0234. The first-order valence-corrected chi connectivity index (χ1v) is 24.7. The molecule has 0 fully saturated rings. The van der Waals surface area contributed by atoms with Gasteiger partial charge in [0.25, 0.3) is 0 Å². The molecule has 1 unspecified atom stereocenters. The Hall–Kier alpha value is -2.33. The number of carbonyl (C=O) groups excluding carboxylic acids is 2. The van der Waals surface area contributed by atoms with Gasteiger partial charge in [0.2, 0.25) is 0 Å². The average molecular weight is 853 g/mol. The maximum Gasteiger partial charge on any atom is 0.472 e. The van der Waals surface area contributed by atoms with Gasteiger partial charge in [-0.15, -0.1) is 0 Å². The van der Waals surface area contributed by atoms with E-state index in [0.717, 1.165) is 38.5 Å². The molecule has 0 saturated heterocycles. The van der Waals surface area contributed by atoms with Crippen LogP contribution in [0, 0.1) is 0 Å². The number of aliphatic hydroxyl groups is 2. The summed E-state index contributed by atoms with van der Waals surface area (Å²) < 4.78 is 32.7. The first-order chi connectivity index (χ1) is 28.7. The van der Waals surface area contributed by atoms with Gasteiger partial charge in [-0.1, -0.05) is 171 Å². The second kappa shape index (κ2) is 43.7. The van der Waals surface area contributed by atoms with Crippen LogP contribution in [0.1, 0.15) is 194 Å². The van der Waals surface area contributed by atoms with Crippen LogP contribution < -0.4 is 0 Å². The number of allylic oxidation sites excluding steroid dienone is 10. The fourth-order valence-corrected chi connectivity index (χ4v) is 6.82. The third kappa shape index (κ3) is 43.6. The Morgan fingerprint density at radius 3 is 1.44 bits per heavy atom. The molecule has 0 radical (unpaired) electrons. The van der Waals surface area contributed by atoms with Crippen molar-refractivity contribution in [2.24, 2.45) is 0 Å². The van der Waals surface area contributed by atoms with Gasteiger partial charge in [-0.2, -0.15) is 0 Å². The van der Waals surface area contributed by atoms with Crippen LogP contribution in [0.4, 0.5) is 0 Å². The van der Waals surface area contributed by atoms with Gasteiger partial charge < -0.3 is 24.6 Å². The summed E-state index contributed by atoms with van der Waals surface area (Å²) in [6.07, 6.45) is 49.1. The summed E-state index contributed by atoms with van der Waals surface area (Å²) >= 11 is 0. The molecule has 0 rings (SSSR count). The van der Waals surface area contributed by atoms with E-state index in [1.54, 1.807) is 0 Å². The minimum Gasteiger partial charge on any atom is -0.462 e. The molecule has 0 aliphatic rings. The van der Waals surface area contributed by atoms with Crippen molar-refractivity contribution in [3.63, 3.8) is 0 Å². The predicted molar refractivity (Wildman–Crippen MR) is 242 cm³/mol. The molecule has 0 amide bonds. The van der Waals surface area contributed by atoms with Crippen molar-refractivity contribution >= 4 is 19.8 Å². The number of carbonyl (C=O) groups is 2. The molecule has 0 aromatic carbocycles. The van der Waals surface area contributed by atoms with Crippen molar-refractivity contribution in [1.82, 2.24) is 0 Å². The molecule has 0 aliphatic heterocycles. The first-order valence-electron chi connectivity index (χ1n) is 23.2. The molecule has 0 saturated carbocycles. The van der Waals surface area contributed by atoms with E-state index in [9.17, 15) is 24.2 Å². The highest BCUT2D eigenvalue weighted by Gasteiger charge is 2.27. The van der Waals surface area contributed by atoms with Crippen LogP contribution >= 0.6 is 7.82 Å². The van der Waals surface area contributed by atoms with Crippen LogP contribution in [0.3, 0.4) is 0 Å². The summed E-state index contributed by atoms with van der Waals surface area (Å²) in [7, 11) is -4.63. The summed E-state index contributed by atoms with van der Waals surface area (Å²) in [5, 5.41) is 18.3. The van der Waals surface area contributed by atoms with Crippen molar-refractivity contribution in [3.05, 3.63) is 60.8 Å². The highest BCUT2D eigenvalue weighted by Crippen LogP contribution is 2.43. The van der Waals surface area contributed by atoms with E-state index in [1.807, 2.05) is 6.08 Å². The Kier molecular flexibility index (Phi) is 42.0. The van der Waals surface area contributed by atoms with Gasteiger partial charge in [-0.25, -0.2) is 4.57 Å². The maximum atomic E-state index is 12.6. The minimum absolute atomic E-state index is 0.164. The second-order valence-electron chi connectivity index (χ2n) is 15.4. The lowest BCUT2D eigenvalue weighted by atomic mass is 10.1.